The topological polar surface area (TPSA) is 53.9 Å². The standard InChI is InChI=1S/C27H34FN3O2/c1-5-29-25(30-27(4)14-15-27)23-18(2)10-11-19(3)24(23)26(32)31-16-12-20(13-17-31)33-22-9-7-6-8-21(22)28/h5-9,20,30H,2,10-17H2,1,3-4H3/b25-23-,29-5-. The third-order valence-electron chi connectivity index (χ3n) is 6.82. The van der Waals surface area contributed by atoms with Crippen LogP contribution in [0.5, 0.6) is 5.75 Å². The Labute approximate surface area is 196 Å². The Hall–Kier alpha value is -2.89. The molecule has 0 atom stereocenters. The van der Waals surface area contributed by atoms with E-state index in [9.17, 15) is 9.18 Å². The molecular formula is C27H34FN3O2. The molecule has 6 heteroatoms. The van der Waals surface area contributed by atoms with Gasteiger partial charge in [0.1, 0.15) is 11.9 Å². The van der Waals surface area contributed by atoms with Crippen molar-refractivity contribution in [2.45, 2.75) is 70.9 Å². The van der Waals surface area contributed by atoms with Crippen molar-refractivity contribution in [2.24, 2.45) is 4.99 Å². The van der Waals surface area contributed by atoms with Gasteiger partial charge in [0.25, 0.3) is 5.91 Å². The first-order valence-electron chi connectivity index (χ1n) is 11.9. The molecule has 5 nitrogen and oxygen atoms in total. The summed E-state index contributed by atoms with van der Waals surface area (Å²) in [7, 11) is 0. The van der Waals surface area contributed by atoms with Crippen LogP contribution in [0.25, 0.3) is 0 Å². The van der Waals surface area contributed by atoms with Crippen molar-refractivity contribution in [1.82, 2.24) is 10.2 Å². The highest BCUT2D eigenvalue weighted by Crippen LogP contribution is 2.40. The second kappa shape index (κ2) is 9.54. The third kappa shape index (κ3) is 5.21. The Morgan fingerprint density at radius 3 is 2.61 bits per heavy atom. The molecule has 176 valence electrons. The molecule has 0 aromatic heterocycles. The average molecular weight is 452 g/mol. The lowest BCUT2D eigenvalue weighted by atomic mass is 9.83. The molecule has 1 heterocycles. The number of halogens is 1. The van der Waals surface area contributed by atoms with Gasteiger partial charge in [-0.15, -0.1) is 0 Å². The van der Waals surface area contributed by atoms with Crippen LogP contribution in [0.2, 0.25) is 0 Å². The highest BCUT2D eigenvalue weighted by molar-refractivity contribution is 6.00. The van der Waals surface area contributed by atoms with E-state index in [1.807, 2.05) is 18.7 Å². The summed E-state index contributed by atoms with van der Waals surface area (Å²) in [6, 6.07) is 6.47. The molecule has 0 bridgehead atoms. The number of nitrogens with zero attached hydrogens (tertiary/aromatic N) is 2. The normalized spacial score (nSPS) is 22.5. The summed E-state index contributed by atoms with van der Waals surface area (Å²) in [5.41, 5.74) is 3.67. The van der Waals surface area contributed by atoms with Crippen LogP contribution in [-0.2, 0) is 4.79 Å². The lowest BCUT2D eigenvalue weighted by molar-refractivity contribution is -0.128. The van der Waals surface area contributed by atoms with Crippen LogP contribution in [-0.4, -0.2) is 41.8 Å². The van der Waals surface area contributed by atoms with E-state index in [2.05, 4.69) is 23.8 Å². The van der Waals surface area contributed by atoms with Gasteiger partial charge in [-0.05, 0) is 64.2 Å². The van der Waals surface area contributed by atoms with E-state index >= 15 is 0 Å². The second-order valence-electron chi connectivity index (χ2n) is 9.60. The lowest BCUT2D eigenvalue weighted by Crippen LogP contribution is -2.43. The van der Waals surface area contributed by atoms with Crippen molar-refractivity contribution in [3.63, 3.8) is 0 Å². The molecule has 2 aliphatic carbocycles. The number of carbonyl (C=O) groups is 1. The van der Waals surface area contributed by atoms with E-state index in [0.29, 0.717) is 25.9 Å². The first kappa shape index (κ1) is 23.3. The van der Waals surface area contributed by atoms with E-state index < -0.39 is 0 Å². The van der Waals surface area contributed by atoms with E-state index in [1.165, 1.54) is 6.07 Å². The number of para-hydroxylation sites is 1. The molecule has 1 aromatic rings. The summed E-state index contributed by atoms with van der Waals surface area (Å²) < 4.78 is 19.8. The maximum atomic E-state index is 13.9. The van der Waals surface area contributed by atoms with Gasteiger partial charge in [0.2, 0.25) is 0 Å². The van der Waals surface area contributed by atoms with Crippen LogP contribution >= 0.6 is 0 Å². The fourth-order valence-electron chi connectivity index (χ4n) is 4.50. The summed E-state index contributed by atoms with van der Waals surface area (Å²) in [5, 5.41) is 3.58. The Kier molecular flexibility index (Phi) is 6.73. The number of amides is 1. The molecule has 1 saturated carbocycles. The number of allylic oxidation sites excluding steroid dienone is 2. The van der Waals surface area contributed by atoms with E-state index in [0.717, 1.165) is 53.8 Å². The predicted molar refractivity (Wildman–Crippen MR) is 130 cm³/mol. The molecule has 1 amide bonds. The fourth-order valence-corrected chi connectivity index (χ4v) is 4.50. The highest BCUT2D eigenvalue weighted by atomic mass is 19.1. The number of hydrogen-bond acceptors (Lipinski definition) is 4. The maximum Gasteiger partial charge on any atom is 0.254 e. The molecule has 2 fully saturated rings. The van der Waals surface area contributed by atoms with Crippen LogP contribution in [0.1, 0.15) is 59.3 Å². The van der Waals surface area contributed by atoms with Gasteiger partial charge < -0.3 is 15.0 Å². The quantitative estimate of drug-likeness (QED) is 0.597. The molecule has 0 unspecified atom stereocenters. The van der Waals surface area contributed by atoms with Crippen LogP contribution in [0, 0.1) is 5.82 Å². The summed E-state index contributed by atoms with van der Waals surface area (Å²) in [5.74, 6) is 0.700. The minimum absolute atomic E-state index is 0.0271. The fraction of sp³-hybridized carbons (Fsp3) is 0.481. The minimum Gasteiger partial charge on any atom is -0.487 e. The number of rotatable bonds is 6. The van der Waals surface area contributed by atoms with Crippen molar-refractivity contribution >= 4 is 12.1 Å². The summed E-state index contributed by atoms with van der Waals surface area (Å²) in [6.45, 7) is 11.6. The SMILES string of the molecule is C=C1CCC(C)=C(C(=O)N2CCC(Oc3ccccc3F)CC2)/C1=C(/N=C\C)NC1(C)CC1. The van der Waals surface area contributed by atoms with E-state index in [4.69, 9.17) is 4.74 Å². The van der Waals surface area contributed by atoms with Gasteiger partial charge in [-0.1, -0.05) is 24.3 Å². The zero-order valence-electron chi connectivity index (χ0n) is 19.9. The zero-order valence-corrected chi connectivity index (χ0v) is 19.9. The van der Waals surface area contributed by atoms with Crippen LogP contribution in [0.4, 0.5) is 4.39 Å². The second-order valence-corrected chi connectivity index (χ2v) is 9.60. The van der Waals surface area contributed by atoms with Crippen LogP contribution in [0.15, 0.2) is 64.0 Å². The summed E-state index contributed by atoms with van der Waals surface area (Å²) in [6.07, 6.45) is 6.86. The Morgan fingerprint density at radius 1 is 1.27 bits per heavy atom. The average Bonchev–Trinajstić information content (AvgIpc) is 3.53. The number of aliphatic imine (C=N–C) groups is 1. The number of hydrogen-bond donors (Lipinski definition) is 1. The number of nitrogens with one attached hydrogen (secondary N) is 1. The van der Waals surface area contributed by atoms with Gasteiger partial charge >= 0.3 is 0 Å². The Balaban J connectivity index is 1.53. The smallest absolute Gasteiger partial charge is 0.254 e. The van der Waals surface area contributed by atoms with Crippen molar-refractivity contribution in [2.75, 3.05) is 13.1 Å². The number of benzene rings is 1. The van der Waals surface area contributed by atoms with Gasteiger partial charge in [-0.3, -0.25) is 4.79 Å². The number of ether oxygens (including phenoxy) is 1. The Morgan fingerprint density at radius 2 is 1.97 bits per heavy atom. The summed E-state index contributed by atoms with van der Waals surface area (Å²) in [4.78, 5) is 20.3. The third-order valence-corrected chi connectivity index (χ3v) is 6.82. The molecule has 33 heavy (non-hydrogen) atoms. The lowest BCUT2D eigenvalue weighted by Gasteiger charge is -2.35. The van der Waals surface area contributed by atoms with Crippen molar-refractivity contribution in [1.29, 1.82) is 0 Å². The van der Waals surface area contributed by atoms with Crippen molar-refractivity contribution < 1.29 is 13.9 Å². The monoisotopic (exact) mass is 451 g/mol. The first-order chi connectivity index (χ1) is 15.8. The van der Waals surface area contributed by atoms with Gasteiger partial charge in [0, 0.05) is 48.8 Å². The first-order valence-corrected chi connectivity index (χ1v) is 11.9. The Bertz CT molecular complexity index is 1030. The number of carbonyl (C=O) groups excluding carboxylic acids is 1. The van der Waals surface area contributed by atoms with E-state index in [-0.39, 0.29) is 29.1 Å². The summed E-state index contributed by atoms with van der Waals surface area (Å²) >= 11 is 0. The molecule has 4 rings (SSSR count). The van der Waals surface area contributed by atoms with Crippen molar-refractivity contribution in [3.05, 3.63) is 64.8 Å². The van der Waals surface area contributed by atoms with Crippen LogP contribution < -0.4 is 10.1 Å². The molecular weight excluding hydrogens is 417 g/mol. The van der Waals surface area contributed by atoms with Gasteiger partial charge in [0.15, 0.2) is 11.6 Å². The maximum absolute atomic E-state index is 13.9. The predicted octanol–water partition coefficient (Wildman–Crippen LogP) is 5.31. The molecule has 0 radical (unpaired) electrons. The van der Waals surface area contributed by atoms with E-state index in [1.54, 1.807) is 24.4 Å². The zero-order chi connectivity index (χ0) is 23.6. The van der Waals surface area contributed by atoms with Gasteiger partial charge in [0.05, 0.1) is 0 Å². The number of likely N-dealkylation sites (tertiary alicyclic amines) is 1. The van der Waals surface area contributed by atoms with Gasteiger partial charge in [-0.25, -0.2) is 9.38 Å². The number of piperidine rings is 1. The van der Waals surface area contributed by atoms with Crippen molar-refractivity contribution in [3.8, 4) is 5.75 Å². The highest BCUT2D eigenvalue weighted by Gasteiger charge is 2.40. The van der Waals surface area contributed by atoms with Gasteiger partial charge in [-0.2, -0.15) is 0 Å². The molecule has 1 aromatic carbocycles. The molecule has 1 N–H and O–H groups in total. The molecule has 3 aliphatic rings. The minimum atomic E-state index is -0.354. The molecule has 0 spiro atoms. The van der Waals surface area contributed by atoms with Crippen LogP contribution in [0.3, 0.4) is 0 Å². The largest absolute Gasteiger partial charge is 0.487 e. The molecule has 1 aliphatic heterocycles. The molecule has 1 saturated heterocycles.